The van der Waals surface area contributed by atoms with E-state index < -0.39 is 0 Å². The summed E-state index contributed by atoms with van der Waals surface area (Å²) in [5.74, 6) is 2.22. The maximum atomic E-state index is 14.0. The van der Waals surface area contributed by atoms with Gasteiger partial charge < -0.3 is 23.7 Å². The lowest BCUT2D eigenvalue weighted by Crippen LogP contribution is -2.13. The SMILES string of the molecule is COc1cc(OC(C)C)c(C(=O)c2nc3cc(OCc4ccccc4)c(OCc4ccccc4)cc3s2)cc1OC(C)C. The number of aromatic nitrogens is 1. The molecule has 0 saturated carbocycles. The van der Waals surface area contributed by atoms with Gasteiger partial charge in [0, 0.05) is 18.2 Å². The van der Waals surface area contributed by atoms with Crippen LogP contribution in [0.5, 0.6) is 28.7 Å². The second-order valence-corrected chi connectivity index (χ2v) is 11.5. The Morgan fingerprint density at radius 3 is 1.81 bits per heavy atom. The Morgan fingerprint density at radius 1 is 0.698 bits per heavy atom. The number of benzene rings is 4. The lowest BCUT2D eigenvalue weighted by Gasteiger charge is -2.18. The van der Waals surface area contributed by atoms with Crippen LogP contribution in [0.2, 0.25) is 0 Å². The number of hydrogen-bond acceptors (Lipinski definition) is 8. The van der Waals surface area contributed by atoms with Crippen molar-refractivity contribution in [3.05, 3.63) is 107 Å². The Bertz CT molecular complexity index is 1600. The number of rotatable bonds is 13. The van der Waals surface area contributed by atoms with Gasteiger partial charge in [-0.2, -0.15) is 0 Å². The molecule has 1 aromatic heterocycles. The fraction of sp³-hybridized carbons (Fsp3) is 0.257. The Morgan fingerprint density at radius 2 is 1.26 bits per heavy atom. The van der Waals surface area contributed by atoms with Crippen molar-refractivity contribution in [3.63, 3.8) is 0 Å². The summed E-state index contributed by atoms with van der Waals surface area (Å²) in [6, 6.07) is 27.0. The number of carbonyl (C=O) groups is 1. The summed E-state index contributed by atoms with van der Waals surface area (Å²) in [6.45, 7) is 8.39. The molecule has 0 fully saturated rings. The van der Waals surface area contributed by atoms with E-state index in [0.717, 1.165) is 15.8 Å². The number of carbonyl (C=O) groups excluding carboxylic acids is 1. The summed E-state index contributed by atoms with van der Waals surface area (Å²) in [6.07, 6.45) is -0.267. The van der Waals surface area contributed by atoms with E-state index in [1.54, 1.807) is 19.2 Å². The summed E-state index contributed by atoms with van der Waals surface area (Å²) < 4.78 is 30.8. The number of fused-ring (bicyclic) bond motifs is 1. The van der Waals surface area contributed by atoms with E-state index in [0.29, 0.717) is 58.0 Å². The van der Waals surface area contributed by atoms with Crippen LogP contribution in [0.15, 0.2) is 84.9 Å². The van der Waals surface area contributed by atoms with Gasteiger partial charge in [-0.15, -0.1) is 11.3 Å². The van der Waals surface area contributed by atoms with Crippen LogP contribution in [0.1, 0.15) is 54.2 Å². The van der Waals surface area contributed by atoms with Gasteiger partial charge in [0.1, 0.15) is 19.0 Å². The van der Waals surface area contributed by atoms with Crippen molar-refractivity contribution < 1.29 is 28.5 Å². The maximum Gasteiger partial charge on any atom is 0.225 e. The zero-order valence-electron chi connectivity index (χ0n) is 25.0. The third-order valence-corrected chi connectivity index (χ3v) is 7.38. The highest BCUT2D eigenvalue weighted by Crippen LogP contribution is 2.40. The molecule has 8 heteroatoms. The van der Waals surface area contributed by atoms with E-state index in [9.17, 15) is 4.79 Å². The first kappa shape index (κ1) is 29.9. The zero-order chi connectivity index (χ0) is 30.3. The smallest absolute Gasteiger partial charge is 0.225 e. The number of methoxy groups -OCH3 is 1. The standard InChI is InChI=1S/C35H35NO6S/c1-22(2)41-28-18-29(38-5)32(42-23(3)4)16-26(28)34(37)35-36-27-17-30(39-20-24-12-8-6-9-13-24)31(19-33(27)43-35)40-21-25-14-10-7-11-15-25/h6-19,22-23H,20-21H2,1-5H3. The van der Waals surface area contributed by atoms with E-state index >= 15 is 0 Å². The normalized spacial score (nSPS) is 11.1. The predicted molar refractivity (Wildman–Crippen MR) is 169 cm³/mol. The number of ketones is 1. The van der Waals surface area contributed by atoms with E-state index in [1.165, 1.54) is 11.3 Å². The molecule has 0 radical (unpaired) electrons. The van der Waals surface area contributed by atoms with Crippen LogP contribution < -0.4 is 23.7 Å². The summed E-state index contributed by atoms with van der Waals surface area (Å²) in [5, 5.41) is 0.318. The number of hydrogen-bond donors (Lipinski definition) is 0. The molecule has 0 unspecified atom stereocenters. The number of nitrogens with zero attached hydrogens (tertiary/aromatic N) is 1. The molecule has 1 heterocycles. The lowest BCUT2D eigenvalue weighted by atomic mass is 10.1. The van der Waals surface area contributed by atoms with Gasteiger partial charge in [-0.05, 0) is 44.9 Å². The van der Waals surface area contributed by atoms with Crippen LogP contribution in [0.3, 0.4) is 0 Å². The molecular weight excluding hydrogens is 562 g/mol. The molecule has 0 bridgehead atoms. The summed E-state index contributed by atoms with van der Waals surface area (Å²) in [7, 11) is 1.56. The van der Waals surface area contributed by atoms with Crippen molar-refractivity contribution in [2.75, 3.05) is 7.11 Å². The monoisotopic (exact) mass is 597 g/mol. The second-order valence-electron chi connectivity index (χ2n) is 10.5. The molecule has 7 nitrogen and oxygen atoms in total. The fourth-order valence-corrected chi connectivity index (χ4v) is 5.35. The molecule has 0 aliphatic rings. The number of ether oxygens (including phenoxy) is 5. The molecule has 5 rings (SSSR count). The van der Waals surface area contributed by atoms with Crippen LogP contribution in [-0.2, 0) is 13.2 Å². The molecule has 5 aromatic rings. The fourth-order valence-electron chi connectivity index (χ4n) is 4.42. The predicted octanol–water partition coefficient (Wildman–Crippen LogP) is 8.27. The van der Waals surface area contributed by atoms with Crippen LogP contribution in [-0.4, -0.2) is 30.1 Å². The molecule has 0 aliphatic heterocycles. The highest BCUT2D eigenvalue weighted by atomic mass is 32.1. The summed E-state index contributed by atoms with van der Waals surface area (Å²) >= 11 is 1.29. The van der Waals surface area contributed by atoms with Crippen molar-refractivity contribution in [3.8, 4) is 28.7 Å². The van der Waals surface area contributed by atoms with Crippen LogP contribution in [0.25, 0.3) is 10.2 Å². The minimum atomic E-state index is -0.272. The Hall–Kier alpha value is -4.56. The van der Waals surface area contributed by atoms with Crippen molar-refractivity contribution in [2.24, 2.45) is 0 Å². The maximum absolute atomic E-state index is 14.0. The van der Waals surface area contributed by atoms with Gasteiger partial charge in [-0.1, -0.05) is 60.7 Å². The van der Waals surface area contributed by atoms with Gasteiger partial charge in [-0.3, -0.25) is 4.79 Å². The zero-order valence-corrected chi connectivity index (χ0v) is 25.8. The molecule has 0 N–H and O–H groups in total. The van der Waals surface area contributed by atoms with Gasteiger partial charge in [0.05, 0.1) is 35.1 Å². The van der Waals surface area contributed by atoms with Crippen molar-refractivity contribution >= 4 is 27.3 Å². The van der Waals surface area contributed by atoms with Crippen LogP contribution in [0.4, 0.5) is 0 Å². The third-order valence-electron chi connectivity index (χ3n) is 6.36. The third kappa shape index (κ3) is 7.45. The highest BCUT2D eigenvalue weighted by Gasteiger charge is 2.24. The van der Waals surface area contributed by atoms with Crippen molar-refractivity contribution in [1.82, 2.24) is 4.98 Å². The number of thiazole rings is 1. The van der Waals surface area contributed by atoms with Crippen molar-refractivity contribution in [1.29, 1.82) is 0 Å². The molecule has 0 aliphatic carbocycles. The minimum Gasteiger partial charge on any atom is -0.493 e. The molecule has 0 spiro atoms. The van der Waals surface area contributed by atoms with Crippen LogP contribution >= 0.6 is 11.3 Å². The second kappa shape index (κ2) is 13.6. The van der Waals surface area contributed by atoms with Gasteiger partial charge >= 0.3 is 0 Å². The first-order valence-electron chi connectivity index (χ1n) is 14.2. The highest BCUT2D eigenvalue weighted by molar-refractivity contribution is 7.20. The average Bonchev–Trinajstić information content (AvgIpc) is 3.42. The van der Waals surface area contributed by atoms with Crippen LogP contribution in [0, 0.1) is 0 Å². The van der Waals surface area contributed by atoms with Gasteiger partial charge in [-0.25, -0.2) is 4.98 Å². The Kier molecular flexibility index (Phi) is 9.47. The van der Waals surface area contributed by atoms with Gasteiger partial charge in [0.2, 0.25) is 5.78 Å². The lowest BCUT2D eigenvalue weighted by molar-refractivity contribution is 0.103. The molecule has 4 aromatic carbocycles. The van der Waals surface area contributed by atoms with Gasteiger partial charge in [0.25, 0.3) is 0 Å². The van der Waals surface area contributed by atoms with Crippen molar-refractivity contribution in [2.45, 2.75) is 53.1 Å². The summed E-state index contributed by atoms with van der Waals surface area (Å²) in [4.78, 5) is 18.7. The topological polar surface area (TPSA) is 76.1 Å². The quantitative estimate of drug-likeness (QED) is 0.126. The van der Waals surface area contributed by atoms with E-state index in [4.69, 9.17) is 28.7 Å². The van der Waals surface area contributed by atoms with E-state index in [2.05, 4.69) is 0 Å². The molecule has 0 amide bonds. The Balaban J connectivity index is 1.51. The molecule has 43 heavy (non-hydrogen) atoms. The van der Waals surface area contributed by atoms with E-state index in [1.807, 2.05) is 100 Å². The minimum absolute atomic E-state index is 0.111. The molecule has 222 valence electrons. The average molecular weight is 598 g/mol. The first-order valence-corrected chi connectivity index (χ1v) is 15.0. The molecular formula is C35H35NO6S. The Labute approximate surface area is 256 Å². The largest absolute Gasteiger partial charge is 0.493 e. The van der Waals surface area contributed by atoms with Gasteiger partial charge in [0.15, 0.2) is 28.0 Å². The molecule has 0 atom stereocenters. The molecule has 0 saturated heterocycles. The first-order chi connectivity index (χ1) is 20.8. The summed E-state index contributed by atoms with van der Waals surface area (Å²) in [5.41, 5.74) is 3.06. The van der Waals surface area contributed by atoms with E-state index in [-0.39, 0.29) is 18.0 Å².